The van der Waals surface area contributed by atoms with Gasteiger partial charge < -0.3 is 20.9 Å². The van der Waals surface area contributed by atoms with Crippen LogP contribution in [0.5, 0.6) is 5.75 Å². The van der Waals surface area contributed by atoms with E-state index in [4.69, 9.17) is 10.5 Å². The van der Waals surface area contributed by atoms with Gasteiger partial charge in [0.25, 0.3) is 0 Å². The number of halogens is 1. The van der Waals surface area contributed by atoms with Gasteiger partial charge in [-0.2, -0.15) is 0 Å². The Balaban J connectivity index is 1.90. The van der Waals surface area contributed by atoms with Crippen LogP contribution in [0.1, 0.15) is 48.5 Å². The number of hydrogen-bond donors (Lipinski definition) is 3. The van der Waals surface area contributed by atoms with E-state index in [1.807, 2.05) is 0 Å². The van der Waals surface area contributed by atoms with E-state index < -0.39 is 11.6 Å². The lowest BCUT2D eigenvalue weighted by molar-refractivity contribution is 0.0998. The first-order chi connectivity index (χ1) is 13.4. The van der Waals surface area contributed by atoms with Gasteiger partial charge in [0.15, 0.2) is 5.78 Å². The molecule has 0 amide bonds. The first-order valence-electron chi connectivity index (χ1n) is 9.46. The van der Waals surface area contributed by atoms with Crippen LogP contribution in [0.15, 0.2) is 18.3 Å². The number of ether oxygens (including phenoxy) is 1. The minimum absolute atomic E-state index is 0.112. The first-order valence-corrected chi connectivity index (χ1v) is 9.46. The maximum atomic E-state index is 15.2. The Morgan fingerprint density at radius 3 is 2.71 bits per heavy atom. The number of carbonyl (C=O) groups is 1. The minimum atomic E-state index is -0.661. The predicted octanol–water partition coefficient (Wildman–Crippen LogP) is 3.28. The Hall–Kier alpha value is -2.67. The van der Waals surface area contributed by atoms with Gasteiger partial charge in [-0.3, -0.25) is 4.79 Å². The zero-order valence-corrected chi connectivity index (χ0v) is 16.0. The number of aliphatic hydroxyl groups excluding tert-OH is 1. The van der Waals surface area contributed by atoms with Crippen LogP contribution in [0.2, 0.25) is 0 Å². The number of ketones is 1. The second-order valence-electron chi connectivity index (χ2n) is 7.74. The molecule has 2 aromatic rings. The molecule has 1 aliphatic heterocycles. The molecule has 0 unspecified atom stereocenters. The zero-order chi connectivity index (χ0) is 20.1. The first kappa shape index (κ1) is 18.7. The van der Waals surface area contributed by atoms with Crippen LogP contribution in [0.3, 0.4) is 0 Å². The standard InChI is InChI=1S/C21H24FN3O3/c1-11(26)16-15(23)4-3-13(18(16)22)14-9-24-20-17(19(14)28-2)21(10-25-20)7-5-12(27)6-8-21/h3-4,9,12,27H,5-8,10,23H2,1-2H3,(H,24,25)/t12-,21-. The monoisotopic (exact) mass is 385 g/mol. The van der Waals surface area contributed by atoms with Gasteiger partial charge in [-0.05, 0) is 44.7 Å². The number of anilines is 2. The minimum Gasteiger partial charge on any atom is -0.496 e. The third-order valence-corrected chi connectivity index (χ3v) is 6.09. The maximum Gasteiger partial charge on any atom is 0.164 e. The van der Waals surface area contributed by atoms with E-state index in [0.29, 0.717) is 30.7 Å². The van der Waals surface area contributed by atoms with Crippen molar-refractivity contribution in [2.24, 2.45) is 0 Å². The van der Waals surface area contributed by atoms with Crippen LogP contribution in [-0.2, 0) is 5.41 Å². The molecule has 28 heavy (non-hydrogen) atoms. The van der Waals surface area contributed by atoms with Crippen molar-refractivity contribution in [2.75, 3.05) is 24.7 Å². The van der Waals surface area contributed by atoms with Crippen molar-refractivity contribution in [1.29, 1.82) is 0 Å². The second-order valence-corrected chi connectivity index (χ2v) is 7.74. The van der Waals surface area contributed by atoms with Crippen molar-refractivity contribution < 1.29 is 19.0 Å². The molecule has 7 heteroatoms. The number of aliphatic hydroxyl groups is 1. The second kappa shape index (κ2) is 6.74. The number of nitrogens with zero attached hydrogens (tertiary/aromatic N) is 1. The van der Waals surface area contributed by atoms with Crippen LogP contribution < -0.4 is 15.8 Å². The van der Waals surface area contributed by atoms with Crippen molar-refractivity contribution in [1.82, 2.24) is 4.98 Å². The van der Waals surface area contributed by atoms with E-state index in [1.54, 1.807) is 19.4 Å². The van der Waals surface area contributed by atoms with Gasteiger partial charge in [0, 0.05) is 40.5 Å². The summed E-state index contributed by atoms with van der Waals surface area (Å²) in [5, 5.41) is 13.3. The van der Waals surface area contributed by atoms with Gasteiger partial charge in [-0.1, -0.05) is 0 Å². The zero-order valence-electron chi connectivity index (χ0n) is 16.0. The van der Waals surface area contributed by atoms with Crippen LogP contribution in [0, 0.1) is 5.82 Å². The maximum absolute atomic E-state index is 15.2. The molecule has 0 radical (unpaired) electrons. The highest BCUT2D eigenvalue weighted by Crippen LogP contribution is 2.52. The molecule has 4 N–H and O–H groups in total. The van der Waals surface area contributed by atoms with E-state index in [2.05, 4.69) is 10.3 Å². The fourth-order valence-corrected chi connectivity index (χ4v) is 4.60. The number of methoxy groups -OCH3 is 1. The van der Waals surface area contributed by atoms with E-state index in [-0.39, 0.29) is 28.3 Å². The molecule has 2 heterocycles. The molecule has 148 valence electrons. The van der Waals surface area contributed by atoms with E-state index in [9.17, 15) is 9.90 Å². The fourth-order valence-electron chi connectivity index (χ4n) is 4.60. The molecule has 0 saturated heterocycles. The normalized spacial score (nSPS) is 23.4. The summed E-state index contributed by atoms with van der Waals surface area (Å²) in [5.74, 6) is 0.208. The molecule has 1 fully saturated rings. The van der Waals surface area contributed by atoms with Gasteiger partial charge >= 0.3 is 0 Å². The average Bonchev–Trinajstić information content (AvgIpc) is 3.02. The lowest BCUT2D eigenvalue weighted by atomic mass is 9.69. The van der Waals surface area contributed by atoms with Gasteiger partial charge in [0.05, 0.1) is 18.8 Å². The quantitative estimate of drug-likeness (QED) is 0.554. The predicted molar refractivity (Wildman–Crippen MR) is 105 cm³/mol. The summed E-state index contributed by atoms with van der Waals surface area (Å²) in [6, 6.07) is 3.09. The molecule has 1 aliphatic carbocycles. The summed E-state index contributed by atoms with van der Waals surface area (Å²) in [4.78, 5) is 16.4. The third-order valence-electron chi connectivity index (χ3n) is 6.09. The van der Waals surface area contributed by atoms with Crippen LogP contribution >= 0.6 is 0 Å². The number of nitrogens with two attached hydrogens (primary N) is 1. The summed E-state index contributed by atoms with van der Waals surface area (Å²) in [6.07, 6.45) is 4.31. The highest BCUT2D eigenvalue weighted by Gasteiger charge is 2.45. The SMILES string of the molecule is COc1c(-c2ccc(N)c(C(C)=O)c2F)cnc2c1[C@]1(CC[C@H](O)CC1)CN2. The lowest BCUT2D eigenvalue weighted by Gasteiger charge is -2.36. The number of aromatic nitrogens is 1. The molecular weight excluding hydrogens is 361 g/mol. The van der Waals surface area contributed by atoms with Gasteiger partial charge in [-0.25, -0.2) is 9.37 Å². The molecular formula is C21H24FN3O3. The van der Waals surface area contributed by atoms with E-state index in [1.165, 1.54) is 13.0 Å². The van der Waals surface area contributed by atoms with Crippen molar-refractivity contribution >= 4 is 17.3 Å². The summed E-state index contributed by atoms with van der Waals surface area (Å²) in [6.45, 7) is 2.01. The summed E-state index contributed by atoms with van der Waals surface area (Å²) >= 11 is 0. The lowest BCUT2D eigenvalue weighted by Crippen LogP contribution is -2.35. The van der Waals surface area contributed by atoms with Crippen LogP contribution in [0.25, 0.3) is 11.1 Å². The van der Waals surface area contributed by atoms with Crippen LogP contribution in [-0.4, -0.2) is 35.6 Å². The summed E-state index contributed by atoms with van der Waals surface area (Å²) < 4.78 is 20.9. The molecule has 1 aromatic heterocycles. The highest BCUT2D eigenvalue weighted by atomic mass is 19.1. The Morgan fingerprint density at radius 2 is 2.07 bits per heavy atom. The topological polar surface area (TPSA) is 97.5 Å². The molecule has 4 rings (SSSR count). The van der Waals surface area contributed by atoms with Gasteiger partial charge in [0.1, 0.15) is 17.4 Å². The number of nitrogens with one attached hydrogen (secondary N) is 1. The van der Waals surface area contributed by atoms with Crippen molar-refractivity contribution in [3.05, 3.63) is 35.3 Å². The largest absolute Gasteiger partial charge is 0.496 e. The number of nitrogen functional groups attached to an aromatic ring is 1. The molecule has 1 saturated carbocycles. The Labute approximate surface area is 162 Å². The van der Waals surface area contributed by atoms with Crippen LogP contribution in [0.4, 0.5) is 15.9 Å². The number of hydrogen-bond acceptors (Lipinski definition) is 6. The highest BCUT2D eigenvalue weighted by molar-refractivity contribution is 6.01. The van der Waals surface area contributed by atoms with Gasteiger partial charge in [-0.15, -0.1) is 0 Å². The third kappa shape index (κ3) is 2.73. The van der Waals surface area contributed by atoms with Gasteiger partial charge in [0.2, 0.25) is 0 Å². The average molecular weight is 385 g/mol. The molecule has 6 nitrogen and oxygen atoms in total. The number of rotatable bonds is 3. The van der Waals surface area contributed by atoms with Crippen molar-refractivity contribution in [2.45, 2.75) is 44.1 Å². The van der Waals surface area contributed by atoms with E-state index >= 15 is 4.39 Å². The smallest absolute Gasteiger partial charge is 0.164 e. The Kier molecular flexibility index (Phi) is 4.50. The fraction of sp³-hybridized carbons (Fsp3) is 0.429. The van der Waals surface area contributed by atoms with Crippen molar-refractivity contribution in [3.63, 3.8) is 0 Å². The number of carbonyl (C=O) groups excluding carboxylic acids is 1. The number of benzene rings is 1. The number of fused-ring (bicyclic) bond motifs is 2. The Morgan fingerprint density at radius 1 is 1.36 bits per heavy atom. The summed E-state index contributed by atoms with van der Waals surface area (Å²) in [7, 11) is 1.56. The number of Topliss-reactive ketones (excluding diaryl/α,β-unsaturated/α-hetero) is 1. The molecule has 0 atom stereocenters. The molecule has 2 aliphatic rings. The number of pyridine rings is 1. The Bertz CT molecular complexity index is 952. The van der Waals surface area contributed by atoms with E-state index in [0.717, 1.165) is 24.2 Å². The van der Waals surface area contributed by atoms with Crippen molar-refractivity contribution in [3.8, 4) is 16.9 Å². The molecule has 1 spiro atoms. The summed E-state index contributed by atoms with van der Waals surface area (Å²) in [5.41, 5.74) is 7.28. The molecule has 0 bridgehead atoms. The molecule has 1 aromatic carbocycles.